The maximum Gasteiger partial charge on any atom is 0.0546 e. The number of rotatable bonds is 6. The highest BCUT2D eigenvalue weighted by Crippen LogP contribution is 2.52. The first kappa shape index (κ1) is 32.0. The fourth-order valence-electron chi connectivity index (χ4n) is 8.72. The molecule has 0 radical (unpaired) electrons. The molecule has 0 amide bonds. The van der Waals surface area contributed by atoms with Crippen molar-refractivity contribution in [3.63, 3.8) is 0 Å². The van der Waals surface area contributed by atoms with Crippen LogP contribution in [0.5, 0.6) is 0 Å². The van der Waals surface area contributed by atoms with Crippen LogP contribution in [-0.4, -0.2) is 0 Å². The molecule has 54 heavy (non-hydrogen) atoms. The highest BCUT2D eigenvalue weighted by molar-refractivity contribution is 6.14. The maximum atomic E-state index is 2.47. The van der Waals surface area contributed by atoms with Crippen molar-refractivity contribution in [2.45, 2.75) is 19.3 Å². The molecule has 0 aromatic heterocycles. The third kappa shape index (κ3) is 5.24. The Morgan fingerprint density at radius 1 is 0.333 bits per heavy atom. The van der Waals surface area contributed by atoms with E-state index in [1.165, 1.54) is 82.9 Å². The van der Waals surface area contributed by atoms with E-state index in [2.05, 4.69) is 219 Å². The molecule has 9 aromatic rings. The van der Waals surface area contributed by atoms with Gasteiger partial charge in [-0.15, -0.1) is 0 Å². The molecule has 0 atom stereocenters. The van der Waals surface area contributed by atoms with Crippen LogP contribution >= 0.6 is 0 Å². The van der Waals surface area contributed by atoms with E-state index in [1.54, 1.807) is 0 Å². The SMILES string of the molecule is CC1(C)c2cc(-c3ccccc3)ccc2-c2ccc(N(c3ccc(-c4ccccc4-c4ccccc4)cc3)c3cc4ccccc4c4ccccc34)cc21. The average Bonchev–Trinajstić information content (AvgIpc) is 3.46. The van der Waals surface area contributed by atoms with Crippen LogP contribution in [0, 0.1) is 0 Å². The molecule has 0 N–H and O–H groups in total. The first-order chi connectivity index (χ1) is 26.5. The van der Waals surface area contributed by atoms with Gasteiger partial charge >= 0.3 is 0 Å². The highest BCUT2D eigenvalue weighted by atomic mass is 15.1. The standard InChI is InChI=1S/C53H39N/c1-53(2)50-33-39(36-15-5-3-6-16-36)27-31-47(50)48-32-30-42(35-51(48)53)54(52-34-40-19-9-10-22-45(40)46-23-13-14-24-49(46)52)41-28-25-38(26-29-41)44-21-12-11-20-43(44)37-17-7-4-8-18-37/h3-35H,1-2H3. The van der Waals surface area contributed by atoms with E-state index in [4.69, 9.17) is 0 Å². The molecule has 0 aliphatic heterocycles. The van der Waals surface area contributed by atoms with Crippen molar-refractivity contribution >= 4 is 38.6 Å². The van der Waals surface area contributed by atoms with Crippen molar-refractivity contribution in [3.05, 3.63) is 211 Å². The summed E-state index contributed by atoms with van der Waals surface area (Å²) in [5.41, 5.74) is 16.0. The van der Waals surface area contributed by atoms with Crippen LogP contribution in [0.25, 0.3) is 66.1 Å². The molecule has 0 saturated carbocycles. The summed E-state index contributed by atoms with van der Waals surface area (Å²) in [6.07, 6.45) is 0. The molecule has 1 heteroatoms. The van der Waals surface area contributed by atoms with E-state index in [0.717, 1.165) is 11.4 Å². The Labute approximate surface area is 317 Å². The Morgan fingerprint density at radius 3 is 1.54 bits per heavy atom. The van der Waals surface area contributed by atoms with Crippen LogP contribution in [0.1, 0.15) is 25.0 Å². The van der Waals surface area contributed by atoms with Crippen LogP contribution < -0.4 is 4.90 Å². The molecule has 9 aromatic carbocycles. The normalized spacial score (nSPS) is 12.8. The van der Waals surface area contributed by atoms with Crippen molar-refractivity contribution in [1.29, 1.82) is 0 Å². The summed E-state index contributed by atoms with van der Waals surface area (Å²) < 4.78 is 0. The summed E-state index contributed by atoms with van der Waals surface area (Å²) in [4.78, 5) is 2.47. The molecule has 1 aliphatic carbocycles. The van der Waals surface area contributed by atoms with Crippen molar-refractivity contribution in [2.24, 2.45) is 0 Å². The molecular formula is C53H39N. The van der Waals surface area contributed by atoms with E-state index in [1.807, 2.05) is 0 Å². The van der Waals surface area contributed by atoms with Gasteiger partial charge in [0.25, 0.3) is 0 Å². The molecule has 0 fully saturated rings. The van der Waals surface area contributed by atoms with Gasteiger partial charge in [-0.05, 0) is 108 Å². The van der Waals surface area contributed by atoms with Crippen molar-refractivity contribution in [3.8, 4) is 44.5 Å². The quantitative estimate of drug-likeness (QED) is 0.157. The second kappa shape index (κ2) is 12.8. The zero-order valence-corrected chi connectivity index (χ0v) is 30.5. The topological polar surface area (TPSA) is 3.24 Å². The first-order valence-electron chi connectivity index (χ1n) is 18.8. The predicted octanol–water partition coefficient (Wildman–Crippen LogP) is 14.8. The lowest BCUT2D eigenvalue weighted by Crippen LogP contribution is -2.17. The lowest BCUT2D eigenvalue weighted by atomic mass is 9.81. The summed E-state index contributed by atoms with van der Waals surface area (Å²) in [6, 6.07) is 73.4. The minimum atomic E-state index is -0.173. The number of fused-ring (bicyclic) bond motifs is 6. The molecule has 0 heterocycles. The molecule has 1 aliphatic rings. The molecule has 0 bridgehead atoms. The van der Waals surface area contributed by atoms with Gasteiger partial charge in [-0.2, -0.15) is 0 Å². The number of hydrogen-bond acceptors (Lipinski definition) is 1. The van der Waals surface area contributed by atoms with E-state index in [-0.39, 0.29) is 5.41 Å². The van der Waals surface area contributed by atoms with Gasteiger partial charge in [-0.1, -0.05) is 178 Å². The summed E-state index contributed by atoms with van der Waals surface area (Å²) in [5, 5.41) is 4.98. The third-order valence-electron chi connectivity index (χ3n) is 11.5. The Kier molecular flexibility index (Phi) is 7.56. The molecular weight excluding hydrogens is 651 g/mol. The van der Waals surface area contributed by atoms with Gasteiger partial charge in [0.1, 0.15) is 0 Å². The molecule has 256 valence electrons. The van der Waals surface area contributed by atoms with E-state index in [0.29, 0.717) is 0 Å². The molecule has 0 unspecified atom stereocenters. The van der Waals surface area contributed by atoms with Crippen LogP contribution in [-0.2, 0) is 5.41 Å². The number of hydrogen-bond donors (Lipinski definition) is 0. The Balaban J connectivity index is 1.14. The lowest BCUT2D eigenvalue weighted by Gasteiger charge is -2.29. The third-order valence-corrected chi connectivity index (χ3v) is 11.5. The molecule has 0 spiro atoms. The Morgan fingerprint density at radius 2 is 0.833 bits per heavy atom. The second-order valence-electron chi connectivity index (χ2n) is 14.9. The minimum Gasteiger partial charge on any atom is -0.310 e. The smallest absolute Gasteiger partial charge is 0.0546 e. The van der Waals surface area contributed by atoms with Crippen molar-refractivity contribution < 1.29 is 0 Å². The first-order valence-corrected chi connectivity index (χ1v) is 18.8. The van der Waals surface area contributed by atoms with Crippen LogP contribution in [0.15, 0.2) is 200 Å². The van der Waals surface area contributed by atoms with Crippen LogP contribution in [0.4, 0.5) is 17.1 Å². The van der Waals surface area contributed by atoms with Gasteiger partial charge in [0.15, 0.2) is 0 Å². The Hall–Kier alpha value is -6.70. The minimum absolute atomic E-state index is 0.173. The molecule has 0 saturated heterocycles. The molecule has 10 rings (SSSR count). The number of anilines is 3. The van der Waals surface area contributed by atoms with Crippen LogP contribution in [0.3, 0.4) is 0 Å². The van der Waals surface area contributed by atoms with E-state index >= 15 is 0 Å². The fraction of sp³-hybridized carbons (Fsp3) is 0.0566. The van der Waals surface area contributed by atoms with Gasteiger partial charge < -0.3 is 4.90 Å². The van der Waals surface area contributed by atoms with Crippen LogP contribution in [0.2, 0.25) is 0 Å². The van der Waals surface area contributed by atoms with Gasteiger partial charge in [0, 0.05) is 22.2 Å². The predicted molar refractivity (Wildman–Crippen MR) is 230 cm³/mol. The van der Waals surface area contributed by atoms with Gasteiger partial charge in [-0.3, -0.25) is 0 Å². The summed E-state index contributed by atoms with van der Waals surface area (Å²) in [6.45, 7) is 4.76. The fourth-order valence-corrected chi connectivity index (χ4v) is 8.72. The van der Waals surface area contributed by atoms with E-state index in [9.17, 15) is 0 Å². The second-order valence-corrected chi connectivity index (χ2v) is 14.9. The number of benzene rings is 9. The number of nitrogens with zero attached hydrogens (tertiary/aromatic N) is 1. The average molecular weight is 690 g/mol. The zero-order valence-electron chi connectivity index (χ0n) is 30.5. The summed E-state index contributed by atoms with van der Waals surface area (Å²) in [7, 11) is 0. The van der Waals surface area contributed by atoms with Crippen molar-refractivity contribution in [2.75, 3.05) is 4.90 Å². The summed E-state index contributed by atoms with van der Waals surface area (Å²) in [5.74, 6) is 0. The van der Waals surface area contributed by atoms with Gasteiger partial charge in [-0.25, -0.2) is 0 Å². The van der Waals surface area contributed by atoms with Gasteiger partial charge in [0.2, 0.25) is 0 Å². The van der Waals surface area contributed by atoms with Crippen molar-refractivity contribution in [1.82, 2.24) is 0 Å². The van der Waals surface area contributed by atoms with Gasteiger partial charge in [0.05, 0.1) is 5.69 Å². The highest BCUT2D eigenvalue weighted by Gasteiger charge is 2.36. The molecule has 1 nitrogen and oxygen atoms in total. The summed E-state index contributed by atoms with van der Waals surface area (Å²) >= 11 is 0. The largest absolute Gasteiger partial charge is 0.310 e. The van der Waals surface area contributed by atoms with E-state index < -0.39 is 0 Å². The maximum absolute atomic E-state index is 2.47. The lowest BCUT2D eigenvalue weighted by molar-refractivity contribution is 0.660. The zero-order chi connectivity index (χ0) is 36.2. The monoisotopic (exact) mass is 689 g/mol. The Bertz CT molecular complexity index is 2830.